The fourth-order valence-electron chi connectivity index (χ4n) is 3.89. The highest BCUT2D eigenvalue weighted by Gasteiger charge is 2.33. The fourth-order valence-corrected chi connectivity index (χ4v) is 5.48. The van der Waals surface area contributed by atoms with Crippen LogP contribution < -0.4 is 0 Å². The molecular weight excluding hydrogens is 392 g/mol. The molecule has 8 nitrogen and oxygen atoms in total. The van der Waals surface area contributed by atoms with Crippen LogP contribution >= 0.6 is 0 Å². The smallest absolute Gasteiger partial charge is 0.270 e. The van der Waals surface area contributed by atoms with Crippen LogP contribution in [0.4, 0.5) is 0 Å². The van der Waals surface area contributed by atoms with Crippen LogP contribution in [-0.4, -0.2) is 78.2 Å². The first-order valence-corrected chi connectivity index (χ1v) is 11.7. The van der Waals surface area contributed by atoms with Crippen molar-refractivity contribution in [2.45, 2.75) is 44.9 Å². The third-order valence-electron chi connectivity index (χ3n) is 5.65. The predicted molar refractivity (Wildman–Crippen MR) is 110 cm³/mol. The molecule has 0 atom stereocenters. The molecule has 0 aliphatic carbocycles. The minimum absolute atomic E-state index is 0.0818. The summed E-state index contributed by atoms with van der Waals surface area (Å²) < 4.78 is 28.9. The highest BCUT2D eigenvalue weighted by Crippen LogP contribution is 2.24. The molecule has 0 spiro atoms. The van der Waals surface area contributed by atoms with E-state index in [4.69, 9.17) is 0 Å². The van der Waals surface area contributed by atoms with E-state index in [1.165, 1.54) is 16.6 Å². The summed E-state index contributed by atoms with van der Waals surface area (Å²) in [6.07, 6.45) is 4.32. The van der Waals surface area contributed by atoms with Crippen molar-refractivity contribution in [3.63, 3.8) is 0 Å². The van der Waals surface area contributed by atoms with Gasteiger partial charge in [-0.15, -0.1) is 0 Å². The van der Waals surface area contributed by atoms with E-state index in [1.807, 2.05) is 20.8 Å². The summed E-state index contributed by atoms with van der Waals surface area (Å²) in [6.45, 7) is 8.61. The number of carbonyl (C=O) groups excluding carboxylic acids is 2. The van der Waals surface area contributed by atoms with E-state index in [0.29, 0.717) is 45.0 Å². The Morgan fingerprint density at radius 3 is 2.00 bits per heavy atom. The van der Waals surface area contributed by atoms with E-state index in [1.54, 1.807) is 21.4 Å². The molecule has 2 fully saturated rings. The lowest BCUT2D eigenvalue weighted by Crippen LogP contribution is -2.53. The third-order valence-corrected chi connectivity index (χ3v) is 7.51. The average molecular weight is 425 g/mol. The highest BCUT2D eigenvalue weighted by atomic mass is 32.2. The lowest BCUT2D eigenvalue weighted by atomic mass is 9.94. The molecule has 29 heavy (non-hydrogen) atoms. The van der Waals surface area contributed by atoms with Crippen LogP contribution in [0.5, 0.6) is 0 Å². The Bertz CT molecular complexity index is 871. The molecule has 0 unspecified atom stereocenters. The largest absolute Gasteiger partial charge is 0.345 e. The molecule has 162 valence electrons. The van der Waals surface area contributed by atoms with Gasteiger partial charge in [0.05, 0.1) is 0 Å². The van der Waals surface area contributed by atoms with Gasteiger partial charge < -0.3 is 14.4 Å². The number of nitrogens with zero attached hydrogens (tertiary/aromatic N) is 4. The van der Waals surface area contributed by atoms with Gasteiger partial charge in [0, 0.05) is 57.9 Å². The van der Waals surface area contributed by atoms with Crippen LogP contribution in [0, 0.1) is 5.41 Å². The molecule has 0 saturated carbocycles. The first-order valence-electron chi connectivity index (χ1n) is 10.3. The summed E-state index contributed by atoms with van der Waals surface area (Å²) in [5, 5.41) is 0. The molecule has 0 radical (unpaired) electrons. The molecular formula is C20H32N4O4S. The first kappa shape index (κ1) is 21.8. The highest BCUT2D eigenvalue weighted by molar-refractivity contribution is 7.89. The van der Waals surface area contributed by atoms with Crippen LogP contribution in [0.3, 0.4) is 0 Å². The molecule has 0 aromatic carbocycles. The second-order valence-corrected chi connectivity index (χ2v) is 10.9. The standard InChI is InChI=1S/C20H32N4O4S/c1-20(2,3)19(26)23-12-10-22(11-13-23)18(25)17-14-16(15-21(17)4)29(27,28)24-8-6-5-7-9-24/h14-15H,5-13H2,1-4H3. The van der Waals surface area contributed by atoms with Crippen molar-refractivity contribution in [3.8, 4) is 0 Å². The zero-order valence-electron chi connectivity index (χ0n) is 17.8. The maximum atomic E-state index is 13.0. The summed E-state index contributed by atoms with van der Waals surface area (Å²) in [5.41, 5.74) is -0.0849. The molecule has 1 aromatic heterocycles. The molecule has 2 amide bonds. The minimum Gasteiger partial charge on any atom is -0.345 e. The van der Waals surface area contributed by atoms with Gasteiger partial charge in [-0.3, -0.25) is 9.59 Å². The van der Waals surface area contributed by atoms with Crippen LogP contribution in [0.15, 0.2) is 17.2 Å². The van der Waals surface area contributed by atoms with Crippen molar-refractivity contribution < 1.29 is 18.0 Å². The van der Waals surface area contributed by atoms with Gasteiger partial charge in [0.1, 0.15) is 10.6 Å². The van der Waals surface area contributed by atoms with Gasteiger partial charge in [-0.1, -0.05) is 27.2 Å². The van der Waals surface area contributed by atoms with Gasteiger partial charge in [0.2, 0.25) is 15.9 Å². The quantitative estimate of drug-likeness (QED) is 0.737. The molecule has 3 heterocycles. The third kappa shape index (κ3) is 4.50. The summed E-state index contributed by atoms with van der Waals surface area (Å²) >= 11 is 0. The van der Waals surface area contributed by atoms with Gasteiger partial charge in [-0.25, -0.2) is 8.42 Å². The Labute approximate surface area is 173 Å². The summed E-state index contributed by atoms with van der Waals surface area (Å²) in [5.74, 6) is -0.117. The second kappa shape index (κ2) is 8.10. The van der Waals surface area contributed by atoms with E-state index in [9.17, 15) is 18.0 Å². The zero-order chi connectivity index (χ0) is 21.4. The van der Waals surface area contributed by atoms with Crippen molar-refractivity contribution in [1.82, 2.24) is 18.7 Å². The van der Waals surface area contributed by atoms with Crippen molar-refractivity contribution >= 4 is 21.8 Å². The monoisotopic (exact) mass is 424 g/mol. The van der Waals surface area contributed by atoms with E-state index < -0.39 is 15.4 Å². The Kier molecular flexibility index (Phi) is 6.10. The van der Waals surface area contributed by atoms with Gasteiger partial charge in [-0.05, 0) is 18.9 Å². The van der Waals surface area contributed by atoms with Crippen LogP contribution in [0.2, 0.25) is 0 Å². The van der Waals surface area contributed by atoms with Gasteiger partial charge in [-0.2, -0.15) is 4.31 Å². The zero-order valence-corrected chi connectivity index (χ0v) is 18.7. The first-order chi connectivity index (χ1) is 13.5. The predicted octanol–water partition coefficient (Wildman–Crippen LogP) is 1.53. The van der Waals surface area contributed by atoms with E-state index in [0.717, 1.165) is 19.3 Å². The van der Waals surface area contributed by atoms with Crippen molar-refractivity contribution in [3.05, 3.63) is 18.0 Å². The van der Waals surface area contributed by atoms with Crippen LogP contribution in [0.1, 0.15) is 50.5 Å². The Hall–Kier alpha value is -1.87. The van der Waals surface area contributed by atoms with Crippen molar-refractivity contribution in [2.24, 2.45) is 12.5 Å². The Morgan fingerprint density at radius 1 is 0.897 bits per heavy atom. The van der Waals surface area contributed by atoms with Gasteiger partial charge in [0.25, 0.3) is 5.91 Å². The van der Waals surface area contributed by atoms with Crippen molar-refractivity contribution in [2.75, 3.05) is 39.3 Å². The van der Waals surface area contributed by atoms with Gasteiger partial charge in [0.15, 0.2) is 0 Å². The maximum Gasteiger partial charge on any atom is 0.270 e. The number of aryl methyl sites for hydroxylation is 1. The van der Waals surface area contributed by atoms with E-state index in [2.05, 4.69) is 0 Å². The summed E-state index contributed by atoms with van der Waals surface area (Å²) in [7, 11) is -1.88. The second-order valence-electron chi connectivity index (χ2n) is 8.97. The van der Waals surface area contributed by atoms with E-state index in [-0.39, 0.29) is 16.7 Å². The maximum absolute atomic E-state index is 13.0. The number of carbonyl (C=O) groups is 2. The molecule has 3 rings (SSSR count). The lowest BCUT2D eigenvalue weighted by molar-refractivity contribution is -0.140. The number of piperazine rings is 1. The number of rotatable bonds is 3. The number of aromatic nitrogens is 1. The Balaban J connectivity index is 1.70. The normalized spacial score (nSPS) is 19.4. The topological polar surface area (TPSA) is 82.9 Å². The summed E-state index contributed by atoms with van der Waals surface area (Å²) in [6, 6.07) is 1.49. The fraction of sp³-hybridized carbons (Fsp3) is 0.700. The molecule has 9 heteroatoms. The Morgan fingerprint density at radius 2 is 1.45 bits per heavy atom. The summed E-state index contributed by atoms with van der Waals surface area (Å²) in [4.78, 5) is 29.1. The molecule has 0 bridgehead atoms. The SMILES string of the molecule is Cn1cc(S(=O)(=O)N2CCCCC2)cc1C(=O)N1CCN(C(=O)C(C)(C)C)CC1. The lowest BCUT2D eigenvalue weighted by Gasteiger charge is -2.37. The molecule has 0 N–H and O–H groups in total. The molecule has 2 aliphatic rings. The number of amides is 2. The average Bonchev–Trinajstić information content (AvgIpc) is 3.09. The van der Waals surface area contributed by atoms with Crippen LogP contribution in [-0.2, 0) is 21.9 Å². The number of hydrogen-bond acceptors (Lipinski definition) is 4. The van der Waals surface area contributed by atoms with Crippen LogP contribution in [0.25, 0.3) is 0 Å². The number of sulfonamides is 1. The minimum atomic E-state index is -3.58. The molecule has 2 aliphatic heterocycles. The number of piperidine rings is 1. The molecule has 1 aromatic rings. The van der Waals surface area contributed by atoms with Crippen molar-refractivity contribution in [1.29, 1.82) is 0 Å². The molecule has 2 saturated heterocycles. The number of hydrogen-bond donors (Lipinski definition) is 0. The van der Waals surface area contributed by atoms with Gasteiger partial charge >= 0.3 is 0 Å². The van der Waals surface area contributed by atoms with E-state index >= 15 is 0 Å².